The van der Waals surface area contributed by atoms with Crippen molar-refractivity contribution in [3.63, 3.8) is 0 Å². The summed E-state index contributed by atoms with van der Waals surface area (Å²) < 4.78 is 0. The molecule has 1 fully saturated rings. The van der Waals surface area contributed by atoms with Gasteiger partial charge in [-0.25, -0.2) is 0 Å². The lowest BCUT2D eigenvalue weighted by Gasteiger charge is -2.36. The standard InChI is InChI=1S/C16H27N3O2/c17-15(12-14-4-2-1-3-5-14)16(21)13-19-8-6-18(7-9-19)10-11-20/h1-5,15-16,20-21H,6-13,17H2. The van der Waals surface area contributed by atoms with Crippen molar-refractivity contribution < 1.29 is 10.2 Å². The van der Waals surface area contributed by atoms with Crippen LogP contribution in [0, 0.1) is 0 Å². The second-order valence-corrected chi connectivity index (χ2v) is 5.79. The smallest absolute Gasteiger partial charge is 0.0820 e. The molecule has 0 aliphatic carbocycles. The van der Waals surface area contributed by atoms with E-state index in [1.54, 1.807) is 0 Å². The molecule has 0 bridgehead atoms. The van der Waals surface area contributed by atoms with E-state index in [2.05, 4.69) is 9.80 Å². The molecule has 0 radical (unpaired) electrons. The number of aliphatic hydroxyl groups is 2. The Hall–Kier alpha value is -0.980. The highest BCUT2D eigenvalue weighted by molar-refractivity contribution is 5.16. The third-order valence-electron chi connectivity index (χ3n) is 4.13. The summed E-state index contributed by atoms with van der Waals surface area (Å²) in [7, 11) is 0. The molecule has 0 saturated carbocycles. The van der Waals surface area contributed by atoms with Gasteiger partial charge in [-0.15, -0.1) is 0 Å². The van der Waals surface area contributed by atoms with Crippen LogP contribution in [0.15, 0.2) is 30.3 Å². The zero-order chi connectivity index (χ0) is 15.1. The average Bonchev–Trinajstić information content (AvgIpc) is 2.50. The molecular weight excluding hydrogens is 266 g/mol. The maximum absolute atomic E-state index is 10.3. The summed E-state index contributed by atoms with van der Waals surface area (Å²) in [4.78, 5) is 4.50. The fourth-order valence-corrected chi connectivity index (χ4v) is 2.76. The maximum atomic E-state index is 10.3. The van der Waals surface area contributed by atoms with Crippen LogP contribution in [0.3, 0.4) is 0 Å². The summed E-state index contributed by atoms with van der Waals surface area (Å²) in [5.74, 6) is 0. The Morgan fingerprint density at radius 1 is 1.05 bits per heavy atom. The van der Waals surface area contributed by atoms with Crippen LogP contribution in [0.5, 0.6) is 0 Å². The highest BCUT2D eigenvalue weighted by Crippen LogP contribution is 2.08. The molecular formula is C16H27N3O2. The zero-order valence-corrected chi connectivity index (χ0v) is 12.6. The molecule has 0 amide bonds. The lowest BCUT2D eigenvalue weighted by atomic mass is 10.0. The molecule has 2 atom stereocenters. The van der Waals surface area contributed by atoms with E-state index in [4.69, 9.17) is 10.8 Å². The summed E-state index contributed by atoms with van der Waals surface area (Å²) in [6.45, 7) is 5.32. The number of hydrogen-bond acceptors (Lipinski definition) is 5. The Labute approximate surface area is 127 Å². The Bertz CT molecular complexity index is 394. The first-order valence-electron chi connectivity index (χ1n) is 7.72. The van der Waals surface area contributed by atoms with Crippen molar-refractivity contribution in [1.29, 1.82) is 0 Å². The van der Waals surface area contributed by atoms with E-state index >= 15 is 0 Å². The first kappa shape index (κ1) is 16.4. The molecule has 4 N–H and O–H groups in total. The Kier molecular flexibility index (Phi) is 6.60. The van der Waals surface area contributed by atoms with Gasteiger partial charge < -0.3 is 15.9 Å². The lowest BCUT2D eigenvalue weighted by Crippen LogP contribution is -2.52. The second kappa shape index (κ2) is 8.46. The number of nitrogens with two attached hydrogens (primary N) is 1. The van der Waals surface area contributed by atoms with Crippen molar-refractivity contribution in [3.05, 3.63) is 35.9 Å². The van der Waals surface area contributed by atoms with Gasteiger partial charge in [0, 0.05) is 45.3 Å². The van der Waals surface area contributed by atoms with Crippen LogP contribution in [0.4, 0.5) is 0 Å². The quantitative estimate of drug-likeness (QED) is 0.634. The van der Waals surface area contributed by atoms with E-state index in [0.29, 0.717) is 13.0 Å². The fourth-order valence-electron chi connectivity index (χ4n) is 2.76. The molecule has 1 aromatic rings. The van der Waals surface area contributed by atoms with Crippen molar-refractivity contribution in [2.75, 3.05) is 45.9 Å². The maximum Gasteiger partial charge on any atom is 0.0820 e. The van der Waals surface area contributed by atoms with Crippen LogP contribution >= 0.6 is 0 Å². The van der Waals surface area contributed by atoms with Crippen LogP contribution in [0.2, 0.25) is 0 Å². The van der Waals surface area contributed by atoms with Gasteiger partial charge in [-0.1, -0.05) is 30.3 Å². The van der Waals surface area contributed by atoms with E-state index in [1.807, 2.05) is 30.3 Å². The van der Waals surface area contributed by atoms with Crippen LogP contribution in [-0.2, 0) is 6.42 Å². The van der Waals surface area contributed by atoms with Gasteiger partial charge in [-0.05, 0) is 12.0 Å². The summed E-state index contributed by atoms with van der Waals surface area (Å²) in [5, 5.41) is 19.2. The molecule has 2 rings (SSSR count). The van der Waals surface area contributed by atoms with Crippen LogP contribution < -0.4 is 5.73 Å². The van der Waals surface area contributed by atoms with Gasteiger partial charge in [0.05, 0.1) is 12.7 Å². The summed E-state index contributed by atoms with van der Waals surface area (Å²) >= 11 is 0. The number of β-amino-alcohol motifs (C(OH)–C–C–N with tert-alkyl or cyclic N) is 2. The highest BCUT2D eigenvalue weighted by atomic mass is 16.3. The second-order valence-electron chi connectivity index (χ2n) is 5.79. The monoisotopic (exact) mass is 293 g/mol. The topological polar surface area (TPSA) is 73.0 Å². The number of benzene rings is 1. The third-order valence-corrected chi connectivity index (χ3v) is 4.13. The van der Waals surface area contributed by atoms with E-state index in [1.165, 1.54) is 0 Å². The van der Waals surface area contributed by atoms with Crippen molar-refractivity contribution in [2.24, 2.45) is 5.73 Å². The van der Waals surface area contributed by atoms with Crippen LogP contribution in [0.25, 0.3) is 0 Å². The molecule has 0 aromatic heterocycles. The van der Waals surface area contributed by atoms with Crippen LogP contribution in [0.1, 0.15) is 5.56 Å². The average molecular weight is 293 g/mol. The van der Waals surface area contributed by atoms with E-state index in [9.17, 15) is 5.11 Å². The summed E-state index contributed by atoms with van der Waals surface area (Å²) in [5.41, 5.74) is 7.28. The number of aliphatic hydroxyl groups excluding tert-OH is 2. The molecule has 0 spiro atoms. The predicted molar refractivity (Wildman–Crippen MR) is 84.1 cm³/mol. The number of rotatable bonds is 7. The fraction of sp³-hybridized carbons (Fsp3) is 0.625. The van der Waals surface area contributed by atoms with Gasteiger partial charge >= 0.3 is 0 Å². The van der Waals surface area contributed by atoms with Crippen molar-refractivity contribution in [3.8, 4) is 0 Å². The van der Waals surface area contributed by atoms with Crippen molar-refractivity contribution in [2.45, 2.75) is 18.6 Å². The highest BCUT2D eigenvalue weighted by Gasteiger charge is 2.22. The van der Waals surface area contributed by atoms with Crippen molar-refractivity contribution in [1.82, 2.24) is 9.80 Å². The molecule has 2 unspecified atom stereocenters. The van der Waals surface area contributed by atoms with Gasteiger partial charge in [0.25, 0.3) is 0 Å². The third kappa shape index (κ3) is 5.37. The molecule has 1 aromatic carbocycles. The van der Waals surface area contributed by atoms with Crippen molar-refractivity contribution >= 4 is 0 Å². The molecule has 1 aliphatic rings. The zero-order valence-electron chi connectivity index (χ0n) is 12.6. The lowest BCUT2D eigenvalue weighted by molar-refractivity contribution is 0.0551. The molecule has 1 aliphatic heterocycles. The largest absolute Gasteiger partial charge is 0.395 e. The van der Waals surface area contributed by atoms with Crippen LogP contribution in [-0.4, -0.2) is 78.0 Å². The molecule has 1 heterocycles. The Balaban J connectivity index is 1.73. The first-order chi connectivity index (χ1) is 10.2. The number of piperazine rings is 1. The van der Waals surface area contributed by atoms with Gasteiger partial charge in [0.2, 0.25) is 0 Å². The minimum atomic E-state index is -0.505. The van der Waals surface area contributed by atoms with Gasteiger partial charge in [0.15, 0.2) is 0 Å². The molecule has 5 heteroatoms. The first-order valence-corrected chi connectivity index (χ1v) is 7.72. The summed E-state index contributed by atoms with van der Waals surface area (Å²) in [6.07, 6.45) is 0.196. The Morgan fingerprint density at radius 2 is 1.67 bits per heavy atom. The minimum absolute atomic E-state index is 0.213. The molecule has 21 heavy (non-hydrogen) atoms. The minimum Gasteiger partial charge on any atom is -0.395 e. The van der Waals surface area contributed by atoms with Gasteiger partial charge in [-0.2, -0.15) is 0 Å². The van der Waals surface area contributed by atoms with E-state index in [-0.39, 0.29) is 12.6 Å². The van der Waals surface area contributed by atoms with Gasteiger partial charge in [-0.3, -0.25) is 9.80 Å². The predicted octanol–water partition coefficient (Wildman–Crippen LogP) is -0.473. The van der Waals surface area contributed by atoms with E-state index < -0.39 is 6.10 Å². The summed E-state index contributed by atoms with van der Waals surface area (Å²) in [6, 6.07) is 9.82. The SMILES string of the molecule is NC(Cc1ccccc1)C(O)CN1CCN(CCO)CC1. The Morgan fingerprint density at radius 3 is 2.29 bits per heavy atom. The number of nitrogens with zero attached hydrogens (tertiary/aromatic N) is 2. The normalized spacial score (nSPS) is 20.3. The molecule has 5 nitrogen and oxygen atoms in total. The van der Waals surface area contributed by atoms with Gasteiger partial charge in [0.1, 0.15) is 0 Å². The molecule has 118 valence electrons. The molecule has 1 saturated heterocycles. The number of hydrogen-bond donors (Lipinski definition) is 3. The van der Waals surface area contributed by atoms with E-state index in [0.717, 1.165) is 38.3 Å².